The van der Waals surface area contributed by atoms with E-state index in [0.717, 1.165) is 25.2 Å². The molecule has 1 N–H and O–H groups in total. The lowest BCUT2D eigenvalue weighted by molar-refractivity contribution is -0.157. The molecule has 2 bridgehead atoms. The van der Waals surface area contributed by atoms with Crippen LogP contribution in [0.2, 0.25) is 0 Å². The van der Waals surface area contributed by atoms with E-state index in [-0.39, 0.29) is 35.9 Å². The number of hydrogen-bond donors (Lipinski definition) is 1. The highest BCUT2D eigenvalue weighted by molar-refractivity contribution is 5.73. The number of ether oxygens (including phenoxy) is 3. The zero-order valence-corrected chi connectivity index (χ0v) is 15.2. The van der Waals surface area contributed by atoms with Crippen molar-refractivity contribution in [2.24, 2.45) is 17.8 Å². The molecule has 0 unspecified atom stereocenters. The van der Waals surface area contributed by atoms with Gasteiger partial charge in [0.2, 0.25) is 5.88 Å². The summed E-state index contributed by atoms with van der Waals surface area (Å²) in [5.41, 5.74) is 1.10. The maximum absolute atomic E-state index is 12.3. The van der Waals surface area contributed by atoms with Crippen LogP contribution in [0.5, 0.6) is 5.88 Å². The third-order valence-corrected chi connectivity index (χ3v) is 5.95. The number of aliphatic hydroxyl groups is 1. The number of pyridine rings is 1. The fourth-order valence-electron chi connectivity index (χ4n) is 4.77. The van der Waals surface area contributed by atoms with Gasteiger partial charge in [-0.05, 0) is 18.9 Å². The van der Waals surface area contributed by atoms with E-state index in [4.69, 9.17) is 14.2 Å². The Balaban J connectivity index is 1.45. The zero-order valence-electron chi connectivity index (χ0n) is 15.2. The molecular formula is C19H26N2O5. The molecule has 0 radical (unpaired) electrons. The third-order valence-electron chi connectivity index (χ3n) is 5.95. The van der Waals surface area contributed by atoms with Crippen LogP contribution in [0.1, 0.15) is 18.9 Å². The number of aliphatic hydroxyl groups excluding tert-OH is 1. The van der Waals surface area contributed by atoms with Gasteiger partial charge in [0.1, 0.15) is 0 Å². The van der Waals surface area contributed by atoms with E-state index in [2.05, 4.69) is 9.88 Å². The molecule has 6 atom stereocenters. The van der Waals surface area contributed by atoms with Crippen molar-refractivity contribution in [2.75, 3.05) is 26.8 Å². The van der Waals surface area contributed by atoms with Gasteiger partial charge in [0.05, 0.1) is 37.9 Å². The lowest BCUT2D eigenvalue weighted by atomic mass is 9.83. The molecule has 3 saturated heterocycles. The molecule has 0 amide bonds. The molecule has 1 aromatic rings. The van der Waals surface area contributed by atoms with Crippen molar-refractivity contribution in [1.29, 1.82) is 0 Å². The summed E-state index contributed by atoms with van der Waals surface area (Å²) in [5.74, 6) is 0.453. The number of hydrogen-bond acceptors (Lipinski definition) is 7. The number of nitrogens with zero attached hydrogens (tertiary/aromatic N) is 2. The maximum atomic E-state index is 12.3. The molecule has 3 aliphatic rings. The molecule has 3 aliphatic heterocycles. The molecule has 26 heavy (non-hydrogen) atoms. The highest BCUT2D eigenvalue weighted by Gasteiger charge is 2.58. The number of fused-ring (bicyclic) bond motifs is 4. The van der Waals surface area contributed by atoms with E-state index in [9.17, 15) is 9.90 Å². The average molecular weight is 362 g/mol. The molecule has 0 spiro atoms. The van der Waals surface area contributed by atoms with Crippen LogP contribution < -0.4 is 4.74 Å². The first-order chi connectivity index (χ1) is 12.6. The van der Waals surface area contributed by atoms with Gasteiger partial charge in [-0.2, -0.15) is 0 Å². The first-order valence-corrected chi connectivity index (χ1v) is 9.32. The van der Waals surface area contributed by atoms with Crippen molar-refractivity contribution in [3.63, 3.8) is 0 Å². The van der Waals surface area contributed by atoms with Gasteiger partial charge in [-0.3, -0.25) is 9.69 Å². The molecule has 0 aliphatic carbocycles. The predicted molar refractivity (Wildman–Crippen MR) is 92.5 cm³/mol. The minimum Gasteiger partial charge on any atom is -0.481 e. The van der Waals surface area contributed by atoms with Crippen LogP contribution in [0.25, 0.3) is 0 Å². The Hall–Kier alpha value is -1.70. The number of esters is 1. The number of carbonyl (C=O) groups is 1. The Morgan fingerprint density at radius 1 is 1.38 bits per heavy atom. The number of carbonyl (C=O) groups excluding carboxylic acids is 1. The van der Waals surface area contributed by atoms with E-state index < -0.39 is 6.10 Å². The summed E-state index contributed by atoms with van der Waals surface area (Å²) >= 11 is 0. The topological polar surface area (TPSA) is 81.1 Å². The number of rotatable bonds is 5. The van der Waals surface area contributed by atoms with Crippen molar-refractivity contribution >= 4 is 5.97 Å². The highest BCUT2D eigenvalue weighted by atomic mass is 16.5. The summed E-state index contributed by atoms with van der Waals surface area (Å²) in [7, 11) is 1.60. The summed E-state index contributed by atoms with van der Waals surface area (Å²) < 4.78 is 16.4. The predicted octanol–water partition coefficient (Wildman–Crippen LogP) is 0.849. The van der Waals surface area contributed by atoms with Crippen molar-refractivity contribution < 1.29 is 24.1 Å². The van der Waals surface area contributed by atoms with Gasteiger partial charge in [0, 0.05) is 43.7 Å². The molecule has 0 saturated carbocycles. The maximum Gasteiger partial charge on any atom is 0.311 e. The van der Waals surface area contributed by atoms with E-state index >= 15 is 0 Å². The van der Waals surface area contributed by atoms with Gasteiger partial charge in [-0.15, -0.1) is 0 Å². The molecular weight excluding hydrogens is 336 g/mol. The molecule has 4 heterocycles. The third kappa shape index (κ3) is 3.08. The van der Waals surface area contributed by atoms with E-state index in [1.165, 1.54) is 0 Å². The molecule has 0 aromatic carbocycles. The van der Waals surface area contributed by atoms with Gasteiger partial charge in [-0.1, -0.05) is 6.07 Å². The smallest absolute Gasteiger partial charge is 0.311 e. The summed E-state index contributed by atoms with van der Waals surface area (Å²) in [6.45, 7) is 4.57. The fourth-order valence-corrected chi connectivity index (χ4v) is 4.77. The minimum absolute atomic E-state index is 0.143. The van der Waals surface area contributed by atoms with Crippen LogP contribution in [-0.4, -0.2) is 66.1 Å². The highest BCUT2D eigenvalue weighted by Crippen LogP contribution is 2.47. The monoisotopic (exact) mass is 362 g/mol. The summed E-state index contributed by atoms with van der Waals surface area (Å²) in [5, 5.41) is 10.7. The molecule has 1 aromatic heterocycles. The van der Waals surface area contributed by atoms with E-state index in [1.807, 2.05) is 25.3 Å². The Bertz CT molecular complexity index is 652. The molecule has 3 fully saturated rings. The molecule has 7 heteroatoms. The second-order valence-corrected chi connectivity index (χ2v) is 7.45. The van der Waals surface area contributed by atoms with Gasteiger partial charge in [0.15, 0.2) is 0 Å². The van der Waals surface area contributed by atoms with Gasteiger partial charge in [-0.25, -0.2) is 4.98 Å². The number of aromatic nitrogens is 1. The number of methoxy groups -OCH3 is 1. The lowest BCUT2D eigenvalue weighted by Crippen LogP contribution is -2.46. The molecule has 4 rings (SSSR count). The second kappa shape index (κ2) is 7.13. The quantitative estimate of drug-likeness (QED) is 0.778. The van der Waals surface area contributed by atoms with E-state index in [1.54, 1.807) is 7.11 Å². The minimum atomic E-state index is -0.519. The SMILES string of the molecule is CCOC(=O)[C@H]1C[C@@H]2O[C@H]1[C@H]1CN(Cc3ccc(OC)nc3)C[C@H]1[C@@H]2O. The largest absolute Gasteiger partial charge is 0.481 e. The van der Waals surface area contributed by atoms with Crippen LogP contribution in [0.3, 0.4) is 0 Å². The summed E-state index contributed by atoms with van der Waals surface area (Å²) in [6, 6.07) is 3.86. The Kier molecular flexibility index (Phi) is 4.86. The zero-order chi connectivity index (χ0) is 18.3. The Morgan fingerprint density at radius 3 is 2.88 bits per heavy atom. The molecule has 7 nitrogen and oxygen atoms in total. The van der Waals surface area contributed by atoms with Crippen LogP contribution in [0.15, 0.2) is 18.3 Å². The average Bonchev–Trinajstić information content (AvgIpc) is 3.24. The van der Waals surface area contributed by atoms with Gasteiger partial charge >= 0.3 is 5.97 Å². The summed E-state index contributed by atoms with van der Waals surface area (Å²) in [6.07, 6.45) is 1.47. The second-order valence-electron chi connectivity index (χ2n) is 7.45. The Labute approximate surface area is 153 Å². The van der Waals surface area contributed by atoms with Crippen molar-refractivity contribution in [1.82, 2.24) is 9.88 Å². The normalized spacial score (nSPS) is 36.0. The summed E-state index contributed by atoms with van der Waals surface area (Å²) in [4.78, 5) is 18.9. The van der Waals surface area contributed by atoms with Gasteiger partial charge in [0.25, 0.3) is 0 Å². The first kappa shape index (κ1) is 17.7. The van der Waals surface area contributed by atoms with Crippen molar-refractivity contribution in [3.8, 4) is 5.88 Å². The number of likely N-dealkylation sites (tertiary alicyclic amines) is 1. The lowest BCUT2D eigenvalue weighted by Gasteiger charge is -2.36. The first-order valence-electron chi connectivity index (χ1n) is 9.32. The van der Waals surface area contributed by atoms with Crippen LogP contribution >= 0.6 is 0 Å². The molecule has 142 valence electrons. The fraction of sp³-hybridized carbons (Fsp3) is 0.684. The standard InChI is InChI=1S/C19H26N2O5/c1-3-25-19(23)12-6-15-17(22)13-9-21(10-14(13)18(12)26-15)8-11-4-5-16(24-2)20-7-11/h4-5,7,12-15,17-18,22H,3,6,8-10H2,1-2H3/t12-,13+,14-,15-,17-,18+/m0/s1. The van der Waals surface area contributed by atoms with Crippen LogP contribution in [0.4, 0.5) is 0 Å². The Morgan fingerprint density at radius 2 is 2.19 bits per heavy atom. The van der Waals surface area contributed by atoms with Crippen molar-refractivity contribution in [3.05, 3.63) is 23.9 Å². The van der Waals surface area contributed by atoms with Crippen molar-refractivity contribution in [2.45, 2.75) is 38.2 Å². The van der Waals surface area contributed by atoms with Gasteiger partial charge < -0.3 is 19.3 Å². The van der Waals surface area contributed by atoms with E-state index in [0.29, 0.717) is 18.9 Å². The van der Waals surface area contributed by atoms with Crippen LogP contribution in [-0.2, 0) is 20.8 Å². The van der Waals surface area contributed by atoms with Crippen LogP contribution in [0, 0.1) is 17.8 Å².